The largest absolute Gasteiger partial charge is 0.484 e. The van der Waals surface area contributed by atoms with Gasteiger partial charge >= 0.3 is 0 Å². The molecule has 0 radical (unpaired) electrons. The van der Waals surface area contributed by atoms with Crippen molar-refractivity contribution in [2.45, 2.75) is 13.8 Å². The van der Waals surface area contributed by atoms with E-state index in [-0.39, 0.29) is 18.4 Å². The lowest BCUT2D eigenvalue weighted by Crippen LogP contribution is -2.20. The molecule has 0 heterocycles. The lowest BCUT2D eigenvalue weighted by molar-refractivity contribution is -0.118. The number of amides is 2. The fraction of sp³-hybridized carbons (Fsp3) is 0.130. The van der Waals surface area contributed by atoms with E-state index in [1.807, 2.05) is 62.4 Å². The van der Waals surface area contributed by atoms with Gasteiger partial charge in [0, 0.05) is 16.9 Å². The highest BCUT2D eigenvalue weighted by Crippen LogP contribution is 2.17. The number of anilines is 2. The van der Waals surface area contributed by atoms with Crippen molar-refractivity contribution in [1.82, 2.24) is 0 Å². The molecule has 0 fully saturated rings. The van der Waals surface area contributed by atoms with E-state index >= 15 is 0 Å². The maximum absolute atomic E-state index is 12.2. The number of ether oxygens (including phenoxy) is 1. The highest BCUT2D eigenvalue weighted by atomic mass is 16.5. The van der Waals surface area contributed by atoms with E-state index in [2.05, 4.69) is 10.6 Å². The van der Waals surface area contributed by atoms with Gasteiger partial charge in [-0.05, 0) is 73.5 Å². The molecule has 5 nitrogen and oxygen atoms in total. The molecule has 0 bridgehead atoms. The van der Waals surface area contributed by atoms with Crippen LogP contribution in [0.3, 0.4) is 0 Å². The van der Waals surface area contributed by atoms with Crippen LogP contribution < -0.4 is 15.4 Å². The van der Waals surface area contributed by atoms with Crippen LogP contribution in [-0.4, -0.2) is 18.4 Å². The van der Waals surface area contributed by atoms with Gasteiger partial charge in [-0.25, -0.2) is 0 Å². The summed E-state index contributed by atoms with van der Waals surface area (Å²) in [5.41, 5.74) is 4.13. The normalized spacial score (nSPS) is 10.2. The number of rotatable bonds is 6. The molecule has 2 amide bonds. The highest BCUT2D eigenvalue weighted by molar-refractivity contribution is 6.04. The van der Waals surface area contributed by atoms with Crippen LogP contribution in [0.2, 0.25) is 0 Å². The number of carbonyl (C=O) groups excluding carboxylic acids is 2. The van der Waals surface area contributed by atoms with E-state index in [0.29, 0.717) is 17.0 Å². The minimum atomic E-state index is -0.264. The maximum atomic E-state index is 12.2. The average Bonchev–Trinajstić information content (AvgIpc) is 2.70. The van der Waals surface area contributed by atoms with Crippen molar-refractivity contribution in [2.75, 3.05) is 17.2 Å². The van der Waals surface area contributed by atoms with E-state index in [4.69, 9.17) is 4.74 Å². The van der Waals surface area contributed by atoms with Gasteiger partial charge in [0.1, 0.15) is 5.75 Å². The minimum Gasteiger partial charge on any atom is -0.484 e. The van der Waals surface area contributed by atoms with Crippen molar-refractivity contribution < 1.29 is 14.3 Å². The molecule has 0 aliphatic carbocycles. The van der Waals surface area contributed by atoms with Crippen molar-refractivity contribution in [2.24, 2.45) is 0 Å². The molecule has 3 aromatic rings. The predicted molar refractivity (Wildman–Crippen MR) is 111 cm³/mol. The number of hydrogen-bond acceptors (Lipinski definition) is 3. The molecule has 142 valence electrons. The van der Waals surface area contributed by atoms with Crippen LogP contribution in [0, 0.1) is 13.8 Å². The number of nitrogens with one attached hydrogen (secondary N) is 2. The van der Waals surface area contributed by atoms with E-state index in [1.54, 1.807) is 24.3 Å². The summed E-state index contributed by atoms with van der Waals surface area (Å²) >= 11 is 0. The minimum absolute atomic E-state index is 0.0846. The van der Waals surface area contributed by atoms with E-state index in [0.717, 1.165) is 11.3 Å². The van der Waals surface area contributed by atoms with Crippen LogP contribution in [0.1, 0.15) is 21.5 Å². The molecule has 28 heavy (non-hydrogen) atoms. The molecule has 3 aromatic carbocycles. The third-order valence-electron chi connectivity index (χ3n) is 4.31. The van der Waals surface area contributed by atoms with Gasteiger partial charge in [0.15, 0.2) is 6.61 Å². The zero-order valence-electron chi connectivity index (χ0n) is 15.9. The summed E-state index contributed by atoms with van der Waals surface area (Å²) in [5.74, 6) is 0.188. The first-order valence-corrected chi connectivity index (χ1v) is 8.97. The SMILES string of the molecule is Cc1ccc(OCC(=O)Nc2ccc(C(=O)Nc3ccccc3)cc2)cc1C. The number of para-hydroxylation sites is 1. The number of carbonyl (C=O) groups is 2. The summed E-state index contributed by atoms with van der Waals surface area (Å²) in [5, 5.41) is 5.58. The van der Waals surface area contributed by atoms with Crippen LogP contribution in [0.15, 0.2) is 72.8 Å². The molecule has 0 saturated heterocycles. The molecule has 2 N–H and O–H groups in total. The van der Waals surface area contributed by atoms with Gasteiger partial charge in [-0.1, -0.05) is 24.3 Å². The second-order valence-corrected chi connectivity index (χ2v) is 6.48. The van der Waals surface area contributed by atoms with E-state index in [1.165, 1.54) is 5.56 Å². The summed E-state index contributed by atoms with van der Waals surface area (Å²) in [6.45, 7) is 3.94. The predicted octanol–water partition coefficient (Wildman–Crippen LogP) is 4.57. The second-order valence-electron chi connectivity index (χ2n) is 6.48. The highest BCUT2D eigenvalue weighted by Gasteiger charge is 2.08. The molecule has 0 aliphatic heterocycles. The zero-order chi connectivity index (χ0) is 19.9. The Morgan fingerprint density at radius 2 is 1.46 bits per heavy atom. The summed E-state index contributed by atoms with van der Waals surface area (Å²) in [7, 11) is 0. The first-order valence-electron chi connectivity index (χ1n) is 8.97. The molecule has 0 spiro atoms. The van der Waals surface area contributed by atoms with Crippen molar-refractivity contribution in [1.29, 1.82) is 0 Å². The monoisotopic (exact) mass is 374 g/mol. The standard InChI is InChI=1S/C23H22N2O3/c1-16-8-13-21(14-17(16)2)28-15-22(26)24-20-11-9-18(10-12-20)23(27)25-19-6-4-3-5-7-19/h3-14H,15H2,1-2H3,(H,24,26)(H,25,27). The zero-order valence-corrected chi connectivity index (χ0v) is 15.9. The Labute approximate surface area is 164 Å². The van der Waals surface area contributed by atoms with Crippen LogP contribution in [0.5, 0.6) is 5.75 Å². The van der Waals surface area contributed by atoms with E-state index in [9.17, 15) is 9.59 Å². The molecule has 5 heteroatoms. The van der Waals surface area contributed by atoms with Crippen molar-refractivity contribution in [3.05, 3.63) is 89.5 Å². The van der Waals surface area contributed by atoms with Gasteiger partial charge in [-0.2, -0.15) is 0 Å². The summed E-state index contributed by atoms with van der Waals surface area (Å²) in [4.78, 5) is 24.3. The molecule has 0 atom stereocenters. The van der Waals surface area contributed by atoms with Crippen molar-refractivity contribution in [3.8, 4) is 5.75 Å². The Morgan fingerprint density at radius 3 is 2.14 bits per heavy atom. The lowest BCUT2D eigenvalue weighted by Gasteiger charge is -2.10. The van der Waals surface area contributed by atoms with Crippen molar-refractivity contribution in [3.63, 3.8) is 0 Å². The third kappa shape index (κ3) is 5.20. The molecule has 3 rings (SSSR count). The molecular formula is C23H22N2O3. The number of aryl methyl sites for hydroxylation is 2. The van der Waals surface area contributed by atoms with E-state index < -0.39 is 0 Å². The smallest absolute Gasteiger partial charge is 0.262 e. The molecular weight excluding hydrogens is 352 g/mol. The van der Waals surface area contributed by atoms with Crippen molar-refractivity contribution >= 4 is 23.2 Å². The first-order chi connectivity index (χ1) is 13.5. The van der Waals surface area contributed by atoms with Crippen LogP contribution >= 0.6 is 0 Å². The van der Waals surface area contributed by atoms with Gasteiger partial charge in [-0.3, -0.25) is 9.59 Å². The lowest BCUT2D eigenvalue weighted by atomic mass is 10.1. The summed E-state index contributed by atoms with van der Waals surface area (Å²) in [6, 6.07) is 21.7. The molecule has 0 aromatic heterocycles. The Balaban J connectivity index is 1.52. The Hall–Kier alpha value is -3.60. The van der Waals surface area contributed by atoms with Crippen LogP contribution in [0.4, 0.5) is 11.4 Å². The quantitative estimate of drug-likeness (QED) is 0.664. The number of hydrogen-bond donors (Lipinski definition) is 2. The van der Waals surface area contributed by atoms with Crippen LogP contribution in [-0.2, 0) is 4.79 Å². The first kappa shape index (κ1) is 19.2. The fourth-order valence-electron chi connectivity index (χ4n) is 2.58. The second kappa shape index (κ2) is 8.86. The number of benzene rings is 3. The summed E-state index contributed by atoms with van der Waals surface area (Å²) < 4.78 is 5.53. The fourth-order valence-corrected chi connectivity index (χ4v) is 2.58. The average molecular weight is 374 g/mol. The Kier molecular flexibility index (Phi) is 6.07. The molecule has 0 saturated carbocycles. The molecule has 0 unspecified atom stereocenters. The third-order valence-corrected chi connectivity index (χ3v) is 4.31. The Bertz CT molecular complexity index is 967. The van der Waals surface area contributed by atoms with Gasteiger partial charge in [0.25, 0.3) is 11.8 Å². The summed E-state index contributed by atoms with van der Waals surface area (Å²) in [6.07, 6.45) is 0. The van der Waals surface area contributed by atoms with Gasteiger partial charge in [-0.15, -0.1) is 0 Å². The topological polar surface area (TPSA) is 67.4 Å². The van der Waals surface area contributed by atoms with Gasteiger partial charge in [0.2, 0.25) is 0 Å². The van der Waals surface area contributed by atoms with Gasteiger partial charge < -0.3 is 15.4 Å². The maximum Gasteiger partial charge on any atom is 0.262 e. The van der Waals surface area contributed by atoms with Crippen LogP contribution in [0.25, 0.3) is 0 Å². The Morgan fingerprint density at radius 1 is 0.786 bits per heavy atom. The molecule has 0 aliphatic rings. The van der Waals surface area contributed by atoms with Gasteiger partial charge in [0.05, 0.1) is 0 Å².